The van der Waals surface area contributed by atoms with E-state index in [1.165, 1.54) is 12.1 Å². The highest BCUT2D eigenvalue weighted by atomic mass is 19.1. The molecule has 2 nitrogen and oxygen atoms in total. The molecule has 0 saturated carbocycles. The molecule has 0 amide bonds. The Labute approximate surface area is 108 Å². The second-order valence-electron chi connectivity index (χ2n) is 4.01. The van der Waals surface area contributed by atoms with Crippen LogP contribution in [0, 0.1) is 35.7 Å². The molecular weight excluding hydrogens is 253 g/mol. The highest BCUT2D eigenvalue weighted by Crippen LogP contribution is 2.27. The van der Waals surface area contributed by atoms with E-state index >= 15 is 0 Å². The molecule has 2 aromatic rings. The van der Waals surface area contributed by atoms with Gasteiger partial charge in [-0.2, -0.15) is 5.26 Å². The third kappa shape index (κ3) is 2.68. The fourth-order valence-electron chi connectivity index (χ4n) is 1.62. The van der Waals surface area contributed by atoms with Gasteiger partial charge < -0.3 is 5.32 Å². The largest absolute Gasteiger partial charge is 0.350 e. The van der Waals surface area contributed by atoms with E-state index in [2.05, 4.69) is 5.32 Å². The molecule has 0 radical (unpaired) electrons. The van der Waals surface area contributed by atoms with Crippen molar-refractivity contribution < 1.29 is 13.2 Å². The van der Waals surface area contributed by atoms with Gasteiger partial charge in [0.15, 0.2) is 11.6 Å². The van der Waals surface area contributed by atoms with E-state index in [-0.39, 0.29) is 11.3 Å². The van der Waals surface area contributed by atoms with Gasteiger partial charge in [-0.25, -0.2) is 13.2 Å². The van der Waals surface area contributed by atoms with Gasteiger partial charge in [0.1, 0.15) is 11.5 Å². The lowest BCUT2D eigenvalue weighted by atomic mass is 10.1. The summed E-state index contributed by atoms with van der Waals surface area (Å²) < 4.78 is 40.4. The van der Waals surface area contributed by atoms with Crippen molar-refractivity contribution >= 4 is 11.4 Å². The van der Waals surface area contributed by atoms with Crippen LogP contribution in [0.25, 0.3) is 0 Å². The van der Waals surface area contributed by atoms with Crippen molar-refractivity contribution in [3.8, 4) is 6.07 Å². The molecule has 0 atom stereocenters. The zero-order valence-electron chi connectivity index (χ0n) is 9.97. The van der Waals surface area contributed by atoms with Crippen molar-refractivity contribution in [2.45, 2.75) is 6.92 Å². The molecule has 0 saturated heterocycles. The molecule has 2 aromatic carbocycles. The molecule has 0 bridgehead atoms. The Morgan fingerprint density at radius 3 is 2.26 bits per heavy atom. The standard InChI is InChI=1S/C14H9F3N2/c1-8-2-3-10(15)6-13(8)19-14-11(16)4-9(7-18)5-12(14)17/h2-6,19H,1H3. The average Bonchev–Trinajstić information content (AvgIpc) is 2.37. The molecule has 96 valence electrons. The minimum absolute atomic E-state index is 0.114. The Kier molecular flexibility index (Phi) is 3.43. The van der Waals surface area contributed by atoms with E-state index in [0.717, 1.165) is 18.2 Å². The lowest BCUT2D eigenvalue weighted by molar-refractivity contribution is 0.589. The van der Waals surface area contributed by atoms with Crippen molar-refractivity contribution in [3.63, 3.8) is 0 Å². The highest BCUT2D eigenvalue weighted by molar-refractivity contribution is 5.64. The summed E-state index contributed by atoms with van der Waals surface area (Å²) in [6.45, 7) is 1.68. The van der Waals surface area contributed by atoms with Gasteiger partial charge in [0.05, 0.1) is 11.6 Å². The van der Waals surface area contributed by atoms with Gasteiger partial charge in [0.25, 0.3) is 0 Å². The summed E-state index contributed by atoms with van der Waals surface area (Å²) in [5, 5.41) is 11.1. The highest BCUT2D eigenvalue weighted by Gasteiger charge is 2.12. The summed E-state index contributed by atoms with van der Waals surface area (Å²) in [6, 6.07) is 7.38. The first-order valence-corrected chi connectivity index (χ1v) is 5.43. The monoisotopic (exact) mass is 262 g/mol. The summed E-state index contributed by atoms with van der Waals surface area (Å²) >= 11 is 0. The van der Waals surface area contributed by atoms with Crippen LogP contribution >= 0.6 is 0 Å². The normalized spacial score (nSPS) is 10.1. The maximum atomic E-state index is 13.7. The minimum atomic E-state index is -0.903. The van der Waals surface area contributed by atoms with Crippen LogP contribution in [0.15, 0.2) is 30.3 Å². The quantitative estimate of drug-likeness (QED) is 0.887. The molecule has 1 N–H and O–H groups in total. The maximum Gasteiger partial charge on any atom is 0.150 e. The summed E-state index contributed by atoms with van der Waals surface area (Å²) in [4.78, 5) is 0. The Morgan fingerprint density at radius 2 is 1.68 bits per heavy atom. The van der Waals surface area contributed by atoms with Gasteiger partial charge in [-0.1, -0.05) is 6.07 Å². The fraction of sp³-hybridized carbons (Fsp3) is 0.0714. The molecule has 0 aromatic heterocycles. The molecule has 2 rings (SSSR count). The van der Waals surface area contributed by atoms with E-state index < -0.39 is 23.1 Å². The van der Waals surface area contributed by atoms with E-state index in [0.29, 0.717) is 5.56 Å². The summed E-state index contributed by atoms with van der Waals surface area (Å²) in [5.74, 6) is -2.32. The lowest BCUT2D eigenvalue weighted by Crippen LogP contribution is -2.00. The molecule has 0 aliphatic heterocycles. The summed E-state index contributed by atoms with van der Waals surface area (Å²) in [6.07, 6.45) is 0. The predicted octanol–water partition coefficient (Wildman–Crippen LogP) is 4.03. The van der Waals surface area contributed by atoms with Crippen molar-refractivity contribution in [2.24, 2.45) is 0 Å². The van der Waals surface area contributed by atoms with E-state index in [4.69, 9.17) is 5.26 Å². The lowest BCUT2D eigenvalue weighted by Gasteiger charge is -2.11. The number of rotatable bonds is 2. The van der Waals surface area contributed by atoms with Crippen LogP contribution in [0.5, 0.6) is 0 Å². The maximum absolute atomic E-state index is 13.7. The van der Waals surface area contributed by atoms with Gasteiger partial charge >= 0.3 is 0 Å². The molecule has 5 heteroatoms. The van der Waals surface area contributed by atoms with E-state index in [1.54, 1.807) is 13.0 Å². The van der Waals surface area contributed by atoms with Crippen LogP contribution in [0.3, 0.4) is 0 Å². The first-order chi connectivity index (χ1) is 9.01. The van der Waals surface area contributed by atoms with E-state index in [9.17, 15) is 13.2 Å². The number of hydrogen-bond donors (Lipinski definition) is 1. The molecule has 19 heavy (non-hydrogen) atoms. The van der Waals surface area contributed by atoms with Crippen molar-refractivity contribution in [2.75, 3.05) is 5.32 Å². The smallest absolute Gasteiger partial charge is 0.150 e. The zero-order chi connectivity index (χ0) is 14.0. The third-order valence-electron chi connectivity index (χ3n) is 2.63. The van der Waals surface area contributed by atoms with Crippen LogP contribution in [0.2, 0.25) is 0 Å². The molecule has 0 unspecified atom stereocenters. The molecule has 0 aliphatic rings. The average molecular weight is 262 g/mol. The topological polar surface area (TPSA) is 35.8 Å². The number of nitriles is 1. The van der Waals surface area contributed by atoms with Crippen molar-refractivity contribution in [1.82, 2.24) is 0 Å². The molecule has 0 aliphatic carbocycles. The number of anilines is 2. The summed E-state index contributed by atoms with van der Waals surface area (Å²) in [5.41, 5.74) is 0.385. The van der Waals surface area contributed by atoms with Crippen LogP contribution < -0.4 is 5.32 Å². The number of halogens is 3. The Morgan fingerprint density at radius 1 is 1.05 bits per heavy atom. The fourth-order valence-corrected chi connectivity index (χ4v) is 1.62. The first-order valence-electron chi connectivity index (χ1n) is 5.43. The number of nitrogens with zero attached hydrogens (tertiary/aromatic N) is 1. The van der Waals surface area contributed by atoms with Gasteiger partial charge in [-0.15, -0.1) is 0 Å². The van der Waals surface area contributed by atoms with Gasteiger partial charge in [0, 0.05) is 5.69 Å². The third-order valence-corrected chi connectivity index (χ3v) is 2.63. The Hall–Kier alpha value is -2.48. The SMILES string of the molecule is Cc1ccc(F)cc1Nc1c(F)cc(C#N)cc1F. The van der Waals surface area contributed by atoms with Crippen LogP contribution in [-0.4, -0.2) is 0 Å². The molecule has 0 spiro atoms. The zero-order valence-corrected chi connectivity index (χ0v) is 9.97. The van der Waals surface area contributed by atoms with Crippen molar-refractivity contribution in [3.05, 3.63) is 58.9 Å². The molecular formula is C14H9F3N2. The van der Waals surface area contributed by atoms with Crippen molar-refractivity contribution in [1.29, 1.82) is 5.26 Å². The van der Waals surface area contributed by atoms with Gasteiger partial charge in [0.2, 0.25) is 0 Å². The number of aryl methyl sites for hydroxylation is 1. The number of benzene rings is 2. The molecule has 0 fully saturated rings. The Balaban J connectivity index is 2.44. The predicted molar refractivity (Wildman–Crippen MR) is 65.5 cm³/mol. The number of nitrogens with one attached hydrogen (secondary N) is 1. The molecule has 0 heterocycles. The van der Waals surface area contributed by atoms with E-state index in [1.807, 2.05) is 0 Å². The minimum Gasteiger partial charge on any atom is -0.350 e. The van der Waals surface area contributed by atoms with Crippen LogP contribution in [0.4, 0.5) is 24.5 Å². The van der Waals surface area contributed by atoms with Gasteiger partial charge in [-0.3, -0.25) is 0 Å². The first kappa shape index (κ1) is 13.0. The van der Waals surface area contributed by atoms with Gasteiger partial charge in [-0.05, 0) is 36.8 Å². The second-order valence-corrected chi connectivity index (χ2v) is 4.01. The number of hydrogen-bond acceptors (Lipinski definition) is 2. The van der Waals surface area contributed by atoms with Crippen LogP contribution in [0.1, 0.15) is 11.1 Å². The summed E-state index contributed by atoms with van der Waals surface area (Å²) in [7, 11) is 0. The second kappa shape index (κ2) is 5.02. The van der Waals surface area contributed by atoms with Crippen LogP contribution in [-0.2, 0) is 0 Å². The Bertz CT molecular complexity index is 652.